The topological polar surface area (TPSA) is 62.1 Å². The van der Waals surface area contributed by atoms with Crippen molar-refractivity contribution in [2.75, 3.05) is 20.3 Å². The van der Waals surface area contributed by atoms with Crippen molar-refractivity contribution in [3.05, 3.63) is 47.4 Å². The quantitative estimate of drug-likeness (QED) is 0.246. The number of aliphatic hydroxyl groups is 1. The number of methoxy groups -OCH3 is 1. The fourth-order valence-corrected chi connectivity index (χ4v) is 2.36. The lowest BCUT2D eigenvalue weighted by molar-refractivity contribution is -0.117. The summed E-state index contributed by atoms with van der Waals surface area (Å²) in [5, 5.41) is 9.78. The molecule has 5 nitrogen and oxygen atoms in total. The molecule has 1 saturated heterocycles. The highest BCUT2D eigenvalue weighted by atomic mass is 16.5. The normalized spacial score (nSPS) is 21.9. The van der Waals surface area contributed by atoms with E-state index in [-0.39, 0.29) is 18.4 Å². The third-order valence-electron chi connectivity index (χ3n) is 3.60. The van der Waals surface area contributed by atoms with Gasteiger partial charge in [0.05, 0.1) is 11.7 Å². The third-order valence-corrected chi connectivity index (χ3v) is 3.60. The van der Waals surface area contributed by atoms with E-state index in [0.29, 0.717) is 12.2 Å². The minimum atomic E-state index is -0.0594. The van der Waals surface area contributed by atoms with Gasteiger partial charge in [0.25, 0.3) is 0 Å². The third kappa shape index (κ3) is 5.87. The van der Waals surface area contributed by atoms with E-state index >= 15 is 0 Å². The minimum absolute atomic E-state index is 0.0594. The molecule has 126 valence electrons. The molecule has 0 aromatic rings. The average Bonchev–Trinajstić information content (AvgIpc) is 2.93. The molecule has 1 amide bonds. The fraction of sp³-hybridized carbons (Fsp3) is 0.444. The Morgan fingerprint density at radius 2 is 2.30 bits per heavy atom. The van der Waals surface area contributed by atoms with Crippen LogP contribution in [0.2, 0.25) is 0 Å². The zero-order valence-corrected chi connectivity index (χ0v) is 14.2. The van der Waals surface area contributed by atoms with Crippen LogP contribution in [0.3, 0.4) is 0 Å². The van der Waals surface area contributed by atoms with Crippen LogP contribution >= 0.6 is 0 Å². The van der Waals surface area contributed by atoms with Crippen molar-refractivity contribution >= 4 is 12.6 Å². The fourth-order valence-electron chi connectivity index (χ4n) is 2.36. The number of rotatable bonds is 8. The summed E-state index contributed by atoms with van der Waals surface area (Å²) in [6, 6.07) is -0.0594. The van der Waals surface area contributed by atoms with Gasteiger partial charge < -0.3 is 14.7 Å². The number of likely N-dealkylation sites (tertiary alicyclic amines) is 1. The van der Waals surface area contributed by atoms with Crippen LogP contribution < -0.4 is 0 Å². The largest absolute Gasteiger partial charge is 0.510 e. The molecule has 1 rings (SSSR count). The molecule has 1 aliphatic heterocycles. The van der Waals surface area contributed by atoms with Crippen molar-refractivity contribution in [3.8, 4) is 0 Å². The Kier molecular flexibility index (Phi) is 8.05. The van der Waals surface area contributed by atoms with Gasteiger partial charge in [0.15, 0.2) is 0 Å². The molecular weight excluding hydrogens is 292 g/mol. The van der Waals surface area contributed by atoms with Crippen molar-refractivity contribution < 1.29 is 14.6 Å². The Morgan fingerprint density at radius 3 is 2.87 bits per heavy atom. The highest BCUT2D eigenvalue weighted by molar-refractivity contribution is 5.72. The number of nitrogens with zero attached hydrogens (tertiary/aromatic N) is 2. The van der Waals surface area contributed by atoms with Gasteiger partial charge in [-0.2, -0.15) is 0 Å². The van der Waals surface area contributed by atoms with Gasteiger partial charge in [0.1, 0.15) is 12.4 Å². The van der Waals surface area contributed by atoms with Crippen molar-refractivity contribution in [2.45, 2.75) is 32.7 Å². The van der Waals surface area contributed by atoms with Crippen LogP contribution in [0.5, 0.6) is 0 Å². The van der Waals surface area contributed by atoms with E-state index in [9.17, 15) is 9.90 Å². The smallest absolute Gasteiger partial charge is 0.210 e. The summed E-state index contributed by atoms with van der Waals surface area (Å²) >= 11 is 0. The van der Waals surface area contributed by atoms with Crippen LogP contribution in [0.15, 0.2) is 52.4 Å². The van der Waals surface area contributed by atoms with E-state index in [4.69, 9.17) is 4.74 Å². The van der Waals surface area contributed by atoms with E-state index in [1.807, 2.05) is 6.92 Å². The van der Waals surface area contributed by atoms with Gasteiger partial charge in [-0.05, 0) is 25.3 Å². The zero-order chi connectivity index (χ0) is 17.2. The molecule has 0 saturated carbocycles. The van der Waals surface area contributed by atoms with E-state index in [1.165, 1.54) is 12.7 Å². The second-order valence-corrected chi connectivity index (χ2v) is 5.44. The molecule has 0 bridgehead atoms. The molecule has 1 N–H and O–H groups in total. The van der Waals surface area contributed by atoms with E-state index in [0.717, 1.165) is 24.8 Å². The molecule has 1 unspecified atom stereocenters. The van der Waals surface area contributed by atoms with Crippen LogP contribution in [0.25, 0.3) is 0 Å². The summed E-state index contributed by atoms with van der Waals surface area (Å²) in [4.78, 5) is 17.4. The molecule has 0 radical (unpaired) electrons. The first kappa shape index (κ1) is 18.9. The van der Waals surface area contributed by atoms with Crippen molar-refractivity contribution in [1.29, 1.82) is 0 Å². The molecule has 1 heterocycles. The number of hydrogen-bond acceptors (Lipinski definition) is 4. The number of carbonyl (C=O) groups excluding carboxylic acids is 1. The van der Waals surface area contributed by atoms with Crippen molar-refractivity contribution in [1.82, 2.24) is 4.90 Å². The Balaban J connectivity index is 2.97. The van der Waals surface area contributed by atoms with Gasteiger partial charge in [-0.15, -0.1) is 0 Å². The van der Waals surface area contributed by atoms with Crippen LogP contribution in [-0.2, 0) is 9.53 Å². The molecule has 23 heavy (non-hydrogen) atoms. The summed E-state index contributed by atoms with van der Waals surface area (Å²) in [6.07, 6.45) is 9.75. The highest BCUT2D eigenvalue weighted by Crippen LogP contribution is 2.21. The molecule has 1 atom stereocenters. The second kappa shape index (κ2) is 9.79. The molecule has 0 aliphatic carbocycles. The molecule has 1 aliphatic rings. The van der Waals surface area contributed by atoms with Gasteiger partial charge in [-0.3, -0.25) is 9.79 Å². The van der Waals surface area contributed by atoms with Gasteiger partial charge in [0.2, 0.25) is 6.41 Å². The van der Waals surface area contributed by atoms with Gasteiger partial charge in [-0.1, -0.05) is 31.2 Å². The van der Waals surface area contributed by atoms with E-state index in [1.54, 1.807) is 23.3 Å². The van der Waals surface area contributed by atoms with Crippen molar-refractivity contribution in [3.63, 3.8) is 0 Å². The first-order valence-electron chi connectivity index (χ1n) is 7.70. The number of carbonyl (C=O) groups is 1. The molecule has 1 fully saturated rings. The van der Waals surface area contributed by atoms with E-state index in [2.05, 4.69) is 24.6 Å². The predicted molar refractivity (Wildman–Crippen MR) is 93.5 cm³/mol. The number of hydrogen-bond donors (Lipinski definition) is 1. The van der Waals surface area contributed by atoms with Crippen LogP contribution in [-0.4, -0.2) is 48.9 Å². The maximum absolute atomic E-state index is 11.2. The first-order valence-corrected chi connectivity index (χ1v) is 7.70. The summed E-state index contributed by atoms with van der Waals surface area (Å²) in [5.74, 6) is 0.0890. The number of aliphatic imine (C=N–C) groups is 1. The van der Waals surface area contributed by atoms with Gasteiger partial charge in [-0.25, -0.2) is 0 Å². The lowest BCUT2D eigenvalue weighted by Gasteiger charge is -2.14. The predicted octanol–water partition coefficient (Wildman–Crippen LogP) is 3.17. The maximum atomic E-state index is 11.2. The van der Waals surface area contributed by atoms with Crippen LogP contribution in [0.4, 0.5) is 0 Å². The standard InChI is InChI=1S/C18H26N2O3/c1-5-7-15-8-16(20(11-15)13-21)10-19-18(14(3)6-2)9-17(22)12-23-4/h6-7,9-10,13,16,22H,2,5,8,11-12H2,1,3-4H3/b15-7?,17-9+,18-14+,19-10?. The monoisotopic (exact) mass is 318 g/mol. The lowest BCUT2D eigenvalue weighted by atomic mass is 10.1. The molecule has 0 aromatic carbocycles. The Morgan fingerprint density at radius 1 is 1.57 bits per heavy atom. The van der Waals surface area contributed by atoms with Gasteiger partial charge in [0, 0.05) is 25.9 Å². The highest BCUT2D eigenvalue weighted by Gasteiger charge is 2.24. The van der Waals surface area contributed by atoms with Crippen LogP contribution in [0, 0.1) is 0 Å². The SMILES string of the molecule is C=C/C(C)=C(\C=C(\O)COC)N=CC1CC(=CCC)CN1C=O. The molecule has 0 aromatic heterocycles. The number of aliphatic hydroxyl groups excluding tert-OH is 1. The summed E-state index contributed by atoms with van der Waals surface area (Å²) < 4.78 is 4.89. The molecular formula is C18H26N2O3. The first-order chi connectivity index (χ1) is 11.0. The Labute approximate surface area is 138 Å². The Hall–Kier alpha value is -2.14. The Bertz CT molecular complexity index is 544. The zero-order valence-electron chi connectivity index (χ0n) is 14.2. The summed E-state index contributed by atoms with van der Waals surface area (Å²) in [7, 11) is 1.51. The number of ether oxygens (including phenoxy) is 1. The van der Waals surface area contributed by atoms with Crippen LogP contribution in [0.1, 0.15) is 26.7 Å². The molecule has 0 spiro atoms. The van der Waals surface area contributed by atoms with E-state index < -0.39 is 0 Å². The average molecular weight is 318 g/mol. The van der Waals surface area contributed by atoms with Crippen molar-refractivity contribution in [2.24, 2.45) is 4.99 Å². The second-order valence-electron chi connectivity index (χ2n) is 5.44. The lowest BCUT2D eigenvalue weighted by Crippen LogP contribution is -2.28. The molecule has 5 heteroatoms. The minimum Gasteiger partial charge on any atom is -0.510 e. The number of amides is 1. The van der Waals surface area contributed by atoms with Gasteiger partial charge >= 0.3 is 0 Å². The summed E-state index contributed by atoms with van der Waals surface area (Å²) in [5.41, 5.74) is 2.69. The summed E-state index contributed by atoms with van der Waals surface area (Å²) in [6.45, 7) is 8.45. The maximum Gasteiger partial charge on any atom is 0.210 e. The number of allylic oxidation sites excluding steroid dienone is 4.